The van der Waals surface area contributed by atoms with E-state index in [2.05, 4.69) is 21.0 Å². The van der Waals surface area contributed by atoms with Gasteiger partial charge in [0.25, 0.3) is 0 Å². The van der Waals surface area contributed by atoms with Gasteiger partial charge in [-0.25, -0.2) is 0 Å². The molecular weight excluding hydrogens is 363 g/mol. The van der Waals surface area contributed by atoms with Gasteiger partial charge in [0, 0.05) is 5.56 Å². The number of halogens is 3. The van der Waals surface area contributed by atoms with Crippen LogP contribution in [0.2, 0.25) is 10.0 Å². The highest BCUT2D eigenvalue weighted by Gasteiger charge is 2.26. The lowest BCUT2D eigenvalue weighted by Gasteiger charge is -2.20. The van der Waals surface area contributed by atoms with Crippen molar-refractivity contribution >= 4 is 45.4 Å². The molecule has 1 heterocycles. The van der Waals surface area contributed by atoms with Crippen LogP contribution in [0, 0.1) is 0 Å². The molecular formula is C14H13BrCl2N2O. The first-order valence-corrected chi connectivity index (χ1v) is 7.51. The van der Waals surface area contributed by atoms with Gasteiger partial charge in [-0.1, -0.05) is 29.3 Å². The molecule has 0 spiro atoms. The second-order valence-electron chi connectivity index (χ2n) is 5.35. The van der Waals surface area contributed by atoms with Crippen LogP contribution in [0.25, 0.3) is 11.3 Å². The van der Waals surface area contributed by atoms with Crippen molar-refractivity contribution in [1.29, 1.82) is 0 Å². The predicted octanol–water partition coefficient (Wildman–Crippen LogP) is 5.19. The first kappa shape index (κ1) is 15.5. The molecule has 0 aliphatic rings. The van der Waals surface area contributed by atoms with E-state index in [1.54, 1.807) is 22.9 Å². The number of hydrogen-bond donors (Lipinski definition) is 0. The van der Waals surface area contributed by atoms with E-state index in [0.29, 0.717) is 31.5 Å². The van der Waals surface area contributed by atoms with Crippen molar-refractivity contribution in [2.24, 2.45) is 0 Å². The highest BCUT2D eigenvalue weighted by atomic mass is 79.9. The zero-order valence-electron chi connectivity index (χ0n) is 11.2. The molecule has 0 N–H and O–H groups in total. The fourth-order valence-corrected chi connectivity index (χ4v) is 3.34. The fourth-order valence-electron chi connectivity index (χ4n) is 1.87. The van der Waals surface area contributed by atoms with Gasteiger partial charge in [-0.15, -0.1) is 0 Å². The van der Waals surface area contributed by atoms with Crippen LogP contribution in [0.3, 0.4) is 0 Å². The third-order valence-corrected chi connectivity index (χ3v) is 4.21. The number of hydrogen-bond acceptors (Lipinski definition) is 2. The van der Waals surface area contributed by atoms with E-state index in [4.69, 9.17) is 23.2 Å². The van der Waals surface area contributed by atoms with Crippen LogP contribution in [0.15, 0.2) is 22.8 Å². The van der Waals surface area contributed by atoms with Crippen molar-refractivity contribution in [2.75, 3.05) is 0 Å². The van der Waals surface area contributed by atoms with Crippen LogP contribution in [-0.2, 0) is 5.54 Å². The topological polar surface area (TPSA) is 34.9 Å². The standard InChI is InChI=1S/C14H13BrCl2N2O/c1-14(2,3)19-13(15)8(7-20)12(18-19)11-9(16)5-4-6-10(11)17/h4-7H,1-3H3. The van der Waals surface area contributed by atoms with Crippen LogP contribution in [0.4, 0.5) is 0 Å². The molecule has 0 unspecified atom stereocenters. The van der Waals surface area contributed by atoms with E-state index >= 15 is 0 Å². The Morgan fingerprint density at radius 3 is 2.25 bits per heavy atom. The number of aromatic nitrogens is 2. The molecule has 106 valence electrons. The maximum Gasteiger partial charge on any atom is 0.155 e. The van der Waals surface area contributed by atoms with Crippen molar-refractivity contribution in [3.05, 3.63) is 38.4 Å². The van der Waals surface area contributed by atoms with E-state index in [-0.39, 0.29) is 5.54 Å². The molecule has 0 amide bonds. The maximum atomic E-state index is 11.4. The van der Waals surface area contributed by atoms with E-state index in [9.17, 15) is 4.79 Å². The van der Waals surface area contributed by atoms with Crippen molar-refractivity contribution in [3.63, 3.8) is 0 Å². The smallest absolute Gasteiger partial charge is 0.155 e. The molecule has 0 atom stereocenters. The number of rotatable bonds is 2. The summed E-state index contributed by atoms with van der Waals surface area (Å²) in [6.07, 6.45) is 0.758. The third-order valence-electron chi connectivity index (χ3n) is 2.82. The lowest BCUT2D eigenvalue weighted by atomic mass is 10.1. The number of carbonyl (C=O) groups excluding carboxylic acids is 1. The second-order valence-corrected chi connectivity index (χ2v) is 6.92. The van der Waals surface area contributed by atoms with Gasteiger partial charge in [0.2, 0.25) is 0 Å². The monoisotopic (exact) mass is 374 g/mol. The molecule has 0 bridgehead atoms. The van der Waals surface area contributed by atoms with Gasteiger partial charge in [0.15, 0.2) is 6.29 Å². The molecule has 0 aliphatic heterocycles. The summed E-state index contributed by atoms with van der Waals surface area (Å²) >= 11 is 15.8. The lowest BCUT2D eigenvalue weighted by Crippen LogP contribution is -2.23. The third kappa shape index (κ3) is 2.65. The fraction of sp³-hybridized carbons (Fsp3) is 0.286. The zero-order valence-corrected chi connectivity index (χ0v) is 14.3. The van der Waals surface area contributed by atoms with Crippen LogP contribution in [-0.4, -0.2) is 16.1 Å². The van der Waals surface area contributed by atoms with Crippen LogP contribution >= 0.6 is 39.1 Å². The Bertz CT molecular complexity index is 654. The molecule has 0 fully saturated rings. The van der Waals surface area contributed by atoms with Crippen LogP contribution in [0.5, 0.6) is 0 Å². The summed E-state index contributed by atoms with van der Waals surface area (Å²) in [5, 5.41) is 5.44. The van der Waals surface area contributed by atoms with Crippen molar-refractivity contribution in [3.8, 4) is 11.3 Å². The van der Waals surface area contributed by atoms with Crippen molar-refractivity contribution in [1.82, 2.24) is 9.78 Å². The normalized spacial score (nSPS) is 11.7. The quantitative estimate of drug-likeness (QED) is 0.677. The molecule has 0 radical (unpaired) electrons. The Morgan fingerprint density at radius 1 is 1.25 bits per heavy atom. The molecule has 0 saturated carbocycles. The zero-order chi connectivity index (χ0) is 15.1. The summed E-state index contributed by atoms with van der Waals surface area (Å²) in [5.41, 5.74) is 1.22. The van der Waals surface area contributed by atoms with E-state index in [1.165, 1.54) is 0 Å². The Balaban J connectivity index is 2.79. The number of aldehydes is 1. The van der Waals surface area contributed by atoms with E-state index in [0.717, 1.165) is 6.29 Å². The average molecular weight is 376 g/mol. The molecule has 1 aromatic carbocycles. The van der Waals surface area contributed by atoms with Gasteiger partial charge in [-0.2, -0.15) is 5.10 Å². The minimum absolute atomic E-state index is 0.275. The largest absolute Gasteiger partial charge is 0.298 e. The second kappa shape index (κ2) is 5.51. The number of carbonyl (C=O) groups is 1. The van der Waals surface area contributed by atoms with Gasteiger partial charge >= 0.3 is 0 Å². The molecule has 2 rings (SSSR count). The van der Waals surface area contributed by atoms with Crippen molar-refractivity contribution in [2.45, 2.75) is 26.3 Å². The molecule has 2 aromatic rings. The summed E-state index contributed by atoms with van der Waals surface area (Å²) in [7, 11) is 0. The molecule has 0 saturated heterocycles. The minimum Gasteiger partial charge on any atom is -0.298 e. The van der Waals surface area contributed by atoms with Gasteiger partial charge in [-0.3, -0.25) is 9.48 Å². The van der Waals surface area contributed by atoms with Crippen LogP contribution < -0.4 is 0 Å². The Kier molecular flexibility index (Phi) is 4.28. The first-order chi connectivity index (χ1) is 9.27. The maximum absolute atomic E-state index is 11.4. The minimum atomic E-state index is -0.275. The summed E-state index contributed by atoms with van der Waals surface area (Å²) < 4.78 is 2.36. The molecule has 0 aliphatic carbocycles. The predicted molar refractivity (Wildman–Crippen MR) is 85.8 cm³/mol. The molecule has 1 aromatic heterocycles. The van der Waals surface area contributed by atoms with Gasteiger partial charge in [0.05, 0.1) is 21.1 Å². The average Bonchev–Trinajstić information content (AvgIpc) is 2.66. The highest BCUT2D eigenvalue weighted by molar-refractivity contribution is 9.10. The van der Waals surface area contributed by atoms with E-state index in [1.807, 2.05) is 20.8 Å². The Hall–Kier alpha value is -0.840. The molecule has 20 heavy (non-hydrogen) atoms. The van der Waals surface area contributed by atoms with Gasteiger partial charge < -0.3 is 0 Å². The van der Waals surface area contributed by atoms with Gasteiger partial charge in [-0.05, 0) is 48.8 Å². The highest BCUT2D eigenvalue weighted by Crippen LogP contribution is 2.38. The summed E-state index contributed by atoms with van der Waals surface area (Å²) in [4.78, 5) is 11.4. The number of nitrogens with zero attached hydrogens (tertiary/aromatic N) is 2. The summed E-state index contributed by atoms with van der Waals surface area (Å²) in [6, 6.07) is 5.20. The summed E-state index contributed by atoms with van der Waals surface area (Å²) in [5.74, 6) is 0. The molecule has 6 heteroatoms. The molecule has 3 nitrogen and oxygen atoms in total. The Morgan fingerprint density at radius 2 is 1.80 bits per heavy atom. The first-order valence-electron chi connectivity index (χ1n) is 5.96. The van der Waals surface area contributed by atoms with E-state index < -0.39 is 0 Å². The van der Waals surface area contributed by atoms with Gasteiger partial charge in [0.1, 0.15) is 10.3 Å². The lowest BCUT2D eigenvalue weighted by molar-refractivity contribution is 0.112. The SMILES string of the molecule is CC(C)(C)n1nc(-c2c(Cl)cccc2Cl)c(C=O)c1Br. The number of benzene rings is 1. The van der Waals surface area contributed by atoms with Crippen LogP contribution in [0.1, 0.15) is 31.1 Å². The summed E-state index contributed by atoms with van der Waals surface area (Å²) in [6.45, 7) is 5.99. The van der Waals surface area contributed by atoms with Crippen molar-refractivity contribution < 1.29 is 4.79 Å². The Labute approximate surface area is 136 Å².